The summed E-state index contributed by atoms with van der Waals surface area (Å²) in [6, 6.07) is 9.65. The van der Waals surface area contributed by atoms with Crippen LogP contribution in [0.4, 0.5) is 0 Å². The zero-order valence-electron chi connectivity index (χ0n) is 7.11. The zero-order valence-corrected chi connectivity index (χ0v) is 10.0. The molecule has 1 heterocycles. The largest absolute Gasteiger partial charge is 0.236 e. The van der Waals surface area contributed by atoms with Gasteiger partial charge in [0.15, 0.2) is 5.82 Å². The molecular formula is C10H6ClIN2. The highest BCUT2D eigenvalue weighted by Gasteiger charge is 2.01. The van der Waals surface area contributed by atoms with Gasteiger partial charge < -0.3 is 0 Å². The van der Waals surface area contributed by atoms with E-state index in [9.17, 15) is 0 Å². The van der Waals surface area contributed by atoms with Crippen molar-refractivity contribution in [1.82, 2.24) is 9.97 Å². The standard InChI is InChI=1S/C10H6ClIN2/c11-9-4-5-13-10(14-9)7-2-1-3-8(12)6-7/h1-6H. The van der Waals surface area contributed by atoms with Gasteiger partial charge >= 0.3 is 0 Å². The Balaban J connectivity index is 2.49. The summed E-state index contributed by atoms with van der Waals surface area (Å²) in [5.41, 5.74) is 0.986. The molecule has 70 valence electrons. The molecule has 0 fully saturated rings. The molecule has 0 aliphatic heterocycles. The first-order valence-corrected chi connectivity index (χ1v) is 5.46. The van der Waals surface area contributed by atoms with Crippen molar-refractivity contribution in [3.05, 3.63) is 45.3 Å². The molecule has 2 aromatic rings. The van der Waals surface area contributed by atoms with Crippen LogP contribution in [0.2, 0.25) is 5.15 Å². The molecule has 0 saturated heterocycles. The number of nitrogens with zero attached hydrogens (tertiary/aromatic N) is 2. The fourth-order valence-electron chi connectivity index (χ4n) is 1.10. The third-order valence-electron chi connectivity index (χ3n) is 1.70. The van der Waals surface area contributed by atoms with Gasteiger partial charge in [-0.05, 0) is 40.8 Å². The lowest BCUT2D eigenvalue weighted by Crippen LogP contribution is -1.88. The fraction of sp³-hybridized carbons (Fsp3) is 0. The normalized spacial score (nSPS) is 10.1. The zero-order chi connectivity index (χ0) is 9.97. The van der Waals surface area contributed by atoms with Crippen LogP contribution in [0.15, 0.2) is 36.5 Å². The van der Waals surface area contributed by atoms with Crippen molar-refractivity contribution in [2.45, 2.75) is 0 Å². The molecular weight excluding hydrogens is 310 g/mol. The van der Waals surface area contributed by atoms with Crippen LogP contribution in [0.25, 0.3) is 11.4 Å². The fourth-order valence-corrected chi connectivity index (χ4v) is 1.78. The van der Waals surface area contributed by atoms with Gasteiger partial charge in [0.2, 0.25) is 0 Å². The van der Waals surface area contributed by atoms with E-state index in [1.165, 1.54) is 0 Å². The predicted molar refractivity (Wildman–Crippen MR) is 65.2 cm³/mol. The van der Waals surface area contributed by atoms with Crippen molar-refractivity contribution in [3.63, 3.8) is 0 Å². The Bertz CT molecular complexity index is 416. The third-order valence-corrected chi connectivity index (χ3v) is 2.59. The molecule has 0 spiro atoms. The summed E-state index contributed by atoms with van der Waals surface area (Å²) in [5.74, 6) is 0.663. The van der Waals surface area contributed by atoms with Crippen molar-refractivity contribution in [2.75, 3.05) is 0 Å². The number of benzene rings is 1. The van der Waals surface area contributed by atoms with E-state index in [0.717, 1.165) is 9.13 Å². The molecule has 2 nitrogen and oxygen atoms in total. The second kappa shape index (κ2) is 4.23. The summed E-state index contributed by atoms with van der Waals surface area (Å²) in [6.07, 6.45) is 1.66. The van der Waals surface area contributed by atoms with E-state index in [1.54, 1.807) is 12.3 Å². The monoisotopic (exact) mass is 316 g/mol. The van der Waals surface area contributed by atoms with Crippen molar-refractivity contribution in [1.29, 1.82) is 0 Å². The first-order valence-electron chi connectivity index (χ1n) is 4.00. The van der Waals surface area contributed by atoms with Crippen LogP contribution in [0.1, 0.15) is 0 Å². The van der Waals surface area contributed by atoms with Gasteiger partial charge in [0.25, 0.3) is 0 Å². The first kappa shape index (κ1) is 9.86. The van der Waals surface area contributed by atoms with Gasteiger partial charge in [0.1, 0.15) is 5.15 Å². The van der Waals surface area contributed by atoms with Crippen molar-refractivity contribution < 1.29 is 0 Å². The van der Waals surface area contributed by atoms with Gasteiger partial charge in [-0.3, -0.25) is 0 Å². The van der Waals surface area contributed by atoms with Crippen LogP contribution < -0.4 is 0 Å². The summed E-state index contributed by atoms with van der Waals surface area (Å²) in [4.78, 5) is 8.29. The van der Waals surface area contributed by atoms with Crippen molar-refractivity contribution >= 4 is 34.2 Å². The third kappa shape index (κ3) is 2.22. The van der Waals surface area contributed by atoms with Gasteiger partial charge in [-0.1, -0.05) is 23.7 Å². The second-order valence-electron chi connectivity index (χ2n) is 2.71. The topological polar surface area (TPSA) is 25.8 Å². The SMILES string of the molecule is Clc1ccnc(-c2cccc(I)c2)n1. The van der Waals surface area contributed by atoms with Crippen molar-refractivity contribution in [3.8, 4) is 11.4 Å². The number of hydrogen-bond acceptors (Lipinski definition) is 2. The molecule has 2 rings (SSSR count). The van der Waals surface area contributed by atoms with E-state index in [-0.39, 0.29) is 0 Å². The lowest BCUT2D eigenvalue weighted by Gasteiger charge is -1.99. The minimum Gasteiger partial charge on any atom is -0.236 e. The van der Waals surface area contributed by atoms with Crippen LogP contribution in [0.5, 0.6) is 0 Å². The molecule has 0 saturated carbocycles. The lowest BCUT2D eigenvalue weighted by molar-refractivity contribution is 1.18. The maximum absolute atomic E-state index is 5.78. The van der Waals surface area contributed by atoms with Crippen LogP contribution in [-0.2, 0) is 0 Å². The number of rotatable bonds is 1. The average molecular weight is 317 g/mol. The lowest BCUT2D eigenvalue weighted by atomic mass is 10.2. The van der Waals surface area contributed by atoms with Gasteiger partial charge in [-0.25, -0.2) is 9.97 Å². The first-order chi connectivity index (χ1) is 6.75. The molecule has 0 atom stereocenters. The maximum Gasteiger partial charge on any atom is 0.160 e. The van der Waals surface area contributed by atoms with Crippen LogP contribution in [-0.4, -0.2) is 9.97 Å². The number of halogens is 2. The predicted octanol–water partition coefficient (Wildman–Crippen LogP) is 3.40. The molecule has 0 N–H and O–H groups in total. The smallest absolute Gasteiger partial charge is 0.160 e. The summed E-state index contributed by atoms with van der Waals surface area (Å²) in [6.45, 7) is 0. The Labute approximate surface area is 100 Å². The Morgan fingerprint density at radius 1 is 1.21 bits per heavy atom. The quantitative estimate of drug-likeness (QED) is 0.595. The molecule has 0 amide bonds. The highest BCUT2D eigenvalue weighted by Crippen LogP contribution is 2.18. The van der Waals surface area contributed by atoms with E-state index in [0.29, 0.717) is 11.0 Å². The van der Waals surface area contributed by atoms with E-state index in [4.69, 9.17) is 11.6 Å². The molecule has 0 aliphatic rings. The molecule has 4 heteroatoms. The number of hydrogen-bond donors (Lipinski definition) is 0. The van der Waals surface area contributed by atoms with Crippen LogP contribution in [0.3, 0.4) is 0 Å². The summed E-state index contributed by atoms with van der Waals surface area (Å²) >= 11 is 8.03. The van der Waals surface area contributed by atoms with Crippen molar-refractivity contribution in [2.24, 2.45) is 0 Å². The number of aromatic nitrogens is 2. The average Bonchev–Trinajstić information content (AvgIpc) is 2.18. The van der Waals surface area contributed by atoms with Gasteiger partial charge in [0.05, 0.1) is 0 Å². The second-order valence-corrected chi connectivity index (χ2v) is 4.35. The maximum atomic E-state index is 5.78. The molecule has 1 aromatic carbocycles. The Morgan fingerprint density at radius 2 is 2.07 bits per heavy atom. The molecule has 0 unspecified atom stereocenters. The minimum absolute atomic E-state index is 0.467. The molecule has 14 heavy (non-hydrogen) atoms. The van der Waals surface area contributed by atoms with Crippen LogP contribution in [0, 0.1) is 3.57 Å². The Kier molecular flexibility index (Phi) is 2.98. The Hall–Kier alpha value is -0.680. The van der Waals surface area contributed by atoms with E-state index in [2.05, 4.69) is 32.6 Å². The molecule has 0 bridgehead atoms. The Morgan fingerprint density at radius 3 is 2.79 bits per heavy atom. The summed E-state index contributed by atoms with van der Waals surface area (Å²) in [5, 5.41) is 0.467. The van der Waals surface area contributed by atoms with Crippen LogP contribution >= 0.6 is 34.2 Å². The van der Waals surface area contributed by atoms with E-state index < -0.39 is 0 Å². The van der Waals surface area contributed by atoms with E-state index in [1.807, 2.05) is 24.3 Å². The highest BCUT2D eigenvalue weighted by molar-refractivity contribution is 14.1. The minimum atomic E-state index is 0.467. The molecule has 1 aromatic heterocycles. The molecule has 0 aliphatic carbocycles. The van der Waals surface area contributed by atoms with Gasteiger partial charge in [0, 0.05) is 15.3 Å². The molecule has 0 radical (unpaired) electrons. The summed E-state index contributed by atoms with van der Waals surface area (Å²) in [7, 11) is 0. The summed E-state index contributed by atoms with van der Waals surface area (Å²) < 4.78 is 1.16. The highest BCUT2D eigenvalue weighted by atomic mass is 127. The van der Waals surface area contributed by atoms with Gasteiger partial charge in [-0.2, -0.15) is 0 Å². The van der Waals surface area contributed by atoms with Gasteiger partial charge in [-0.15, -0.1) is 0 Å². The van der Waals surface area contributed by atoms with E-state index >= 15 is 0 Å².